The lowest BCUT2D eigenvalue weighted by Crippen LogP contribution is -2.41. The van der Waals surface area contributed by atoms with Crippen molar-refractivity contribution in [2.75, 3.05) is 32.4 Å². The molecule has 2 aromatic heterocycles. The first-order valence-corrected chi connectivity index (χ1v) is 10.2. The van der Waals surface area contributed by atoms with E-state index < -0.39 is 0 Å². The van der Waals surface area contributed by atoms with Crippen LogP contribution in [0.2, 0.25) is 0 Å². The highest BCUT2D eigenvalue weighted by Gasteiger charge is 2.23. The van der Waals surface area contributed by atoms with E-state index in [-0.39, 0.29) is 5.91 Å². The Balaban J connectivity index is 1.61. The number of nitrogens with one attached hydrogen (secondary N) is 1. The van der Waals surface area contributed by atoms with Crippen molar-refractivity contribution >= 4 is 39.2 Å². The van der Waals surface area contributed by atoms with E-state index in [4.69, 9.17) is 0 Å². The van der Waals surface area contributed by atoms with E-state index in [2.05, 4.69) is 29.1 Å². The topological polar surface area (TPSA) is 58.1 Å². The highest BCUT2D eigenvalue weighted by Crippen LogP contribution is 2.34. The van der Waals surface area contributed by atoms with Gasteiger partial charge in [0.25, 0.3) is 0 Å². The van der Waals surface area contributed by atoms with Crippen LogP contribution in [0, 0.1) is 19.8 Å². The number of hydrogen-bond acceptors (Lipinski definition) is 6. The summed E-state index contributed by atoms with van der Waals surface area (Å²) in [5.74, 6) is 1.38. The number of carbonyl (C=O) groups excluding carboxylic acids is 1. The molecule has 5 nitrogen and oxygen atoms in total. The first-order valence-electron chi connectivity index (χ1n) is 8.36. The predicted molar refractivity (Wildman–Crippen MR) is 101 cm³/mol. The van der Waals surface area contributed by atoms with Gasteiger partial charge in [0, 0.05) is 23.4 Å². The summed E-state index contributed by atoms with van der Waals surface area (Å²) in [6, 6.07) is 0. The standard InChI is InChI=1S/C17H24N4OS2/c1-11-12(2)24-17-15(11)16(19-10-20-17)23-9-14(22)21-6-4-13(5-7-21)8-18-3/h10,13,18H,4-9H2,1-3H3. The first-order chi connectivity index (χ1) is 11.6. The van der Waals surface area contributed by atoms with Crippen LogP contribution in [0.4, 0.5) is 0 Å². The molecule has 1 fully saturated rings. The van der Waals surface area contributed by atoms with Gasteiger partial charge in [-0.1, -0.05) is 11.8 Å². The van der Waals surface area contributed by atoms with E-state index in [1.54, 1.807) is 29.4 Å². The van der Waals surface area contributed by atoms with Gasteiger partial charge in [-0.05, 0) is 51.8 Å². The number of carbonyl (C=O) groups is 1. The van der Waals surface area contributed by atoms with Crippen molar-refractivity contribution in [2.24, 2.45) is 5.92 Å². The first kappa shape index (κ1) is 17.6. The van der Waals surface area contributed by atoms with E-state index in [9.17, 15) is 4.79 Å². The summed E-state index contributed by atoms with van der Waals surface area (Å²) < 4.78 is 0. The van der Waals surface area contributed by atoms with Gasteiger partial charge in [-0.2, -0.15) is 0 Å². The Morgan fingerprint density at radius 1 is 1.38 bits per heavy atom. The number of rotatable bonds is 5. The van der Waals surface area contributed by atoms with Gasteiger partial charge in [-0.3, -0.25) is 4.79 Å². The van der Waals surface area contributed by atoms with Crippen molar-refractivity contribution in [3.8, 4) is 0 Å². The molecule has 0 bridgehead atoms. The van der Waals surface area contributed by atoms with Gasteiger partial charge in [0.05, 0.1) is 5.75 Å². The summed E-state index contributed by atoms with van der Waals surface area (Å²) in [5.41, 5.74) is 1.23. The van der Waals surface area contributed by atoms with Crippen LogP contribution in [0.1, 0.15) is 23.3 Å². The maximum absolute atomic E-state index is 12.5. The van der Waals surface area contributed by atoms with Crippen molar-refractivity contribution < 1.29 is 4.79 Å². The van der Waals surface area contributed by atoms with E-state index in [1.165, 1.54) is 10.4 Å². The Kier molecular flexibility index (Phi) is 5.73. The number of piperidine rings is 1. The van der Waals surface area contributed by atoms with E-state index in [1.807, 2.05) is 11.9 Å². The molecule has 0 atom stereocenters. The number of amides is 1. The second kappa shape index (κ2) is 7.80. The molecule has 0 radical (unpaired) electrons. The zero-order valence-electron chi connectivity index (χ0n) is 14.5. The van der Waals surface area contributed by atoms with Gasteiger partial charge < -0.3 is 10.2 Å². The molecule has 1 aliphatic rings. The van der Waals surface area contributed by atoms with Crippen LogP contribution in [-0.4, -0.2) is 53.2 Å². The Morgan fingerprint density at radius 2 is 2.12 bits per heavy atom. The molecule has 3 heterocycles. The lowest BCUT2D eigenvalue weighted by molar-refractivity contribution is -0.129. The van der Waals surface area contributed by atoms with Gasteiger partial charge in [-0.15, -0.1) is 11.3 Å². The number of thiophene rings is 1. The van der Waals surface area contributed by atoms with E-state index >= 15 is 0 Å². The molecule has 1 saturated heterocycles. The Morgan fingerprint density at radius 3 is 2.83 bits per heavy atom. The second-order valence-corrected chi connectivity index (χ2v) is 8.48. The summed E-state index contributed by atoms with van der Waals surface area (Å²) >= 11 is 3.24. The quantitative estimate of drug-likeness (QED) is 0.653. The van der Waals surface area contributed by atoms with Crippen molar-refractivity contribution in [1.82, 2.24) is 20.2 Å². The van der Waals surface area contributed by atoms with Crippen LogP contribution < -0.4 is 5.32 Å². The van der Waals surface area contributed by atoms with Crippen LogP contribution in [0.25, 0.3) is 10.2 Å². The smallest absolute Gasteiger partial charge is 0.232 e. The number of hydrogen-bond donors (Lipinski definition) is 1. The zero-order chi connectivity index (χ0) is 17.1. The molecule has 0 aromatic carbocycles. The molecule has 130 valence electrons. The molecule has 24 heavy (non-hydrogen) atoms. The van der Waals surface area contributed by atoms with Crippen molar-refractivity contribution in [3.63, 3.8) is 0 Å². The molecule has 1 amide bonds. The third-order valence-corrected chi connectivity index (χ3v) is 6.81. The van der Waals surface area contributed by atoms with Crippen LogP contribution in [0.3, 0.4) is 0 Å². The lowest BCUT2D eigenvalue weighted by atomic mass is 9.97. The number of thioether (sulfide) groups is 1. The highest BCUT2D eigenvalue weighted by molar-refractivity contribution is 8.00. The van der Waals surface area contributed by atoms with E-state index in [0.29, 0.717) is 11.7 Å². The molecule has 1 aliphatic heterocycles. The largest absolute Gasteiger partial charge is 0.342 e. The average molecular weight is 365 g/mol. The fourth-order valence-electron chi connectivity index (χ4n) is 3.16. The highest BCUT2D eigenvalue weighted by atomic mass is 32.2. The molecular weight excluding hydrogens is 340 g/mol. The molecule has 3 rings (SSSR count). The number of nitrogens with zero attached hydrogens (tertiary/aromatic N) is 3. The minimum absolute atomic E-state index is 0.222. The van der Waals surface area contributed by atoms with Crippen molar-refractivity contribution in [2.45, 2.75) is 31.7 Å². The van der Waals surface area contributed by atoms with Gasteiger partial charge in [-0.25, -0.2) is 9.97 Å². The number of fused-ring (bicyclic) bond motifs is 1. The van der Waals surface area contributed by atoms with Crippen LogP contribution >= 0.6 is 23.1 Å². The minimum Gasteiger partial charge on any atom is -0.342 e. The normalized spacial score (nSPS) is 16.0. The Hall–Kier alpha value is -1.18. The van der Waals surface area contributed by atoms with Gasteiger partial charge >= 0.3 is 0 Å². The Labute approximate surface area is 151 Å². The summed E-state index contributed by atoms with van der Waals surface area (Å²) in [4.78, 5) is 25.6. The third kappa shape index (κ3) is 3.73. The van der Waals surface area contributed by atoms with Crippen molar-refractivity contribution in [3.05, 3.63) is 16.8 Å². The Bertz CT molecular complexity index is 723. The maximum atomic E-state index is 12.5. The molecule has 7 heteroatoms. The zero-order valence-corrected chi connectivity index (χ0v) is 16.1. The van der Waals surface area contributed by atoms with Gasteiger partial charge in [0.2, 0.25) is 5.91 Å². The fourth-order valence-corrected chi connectivity index (χ4v) is 5.18. The van der Waals surface area contributed by atoms with Crippen LogP contribution in [0.5, 0.6) is 0 Å². The van der Waals surface area contributed by atoms with Crippen LogP contribution in [-0.2, 0) is 4.79 Å². The number of aryl methyl sites for hydroxylation is 2. The van der Waals surface area contributed by atoms with Crippen LogP contribution in [0.15, 0.2) is 11.4 Å². The average Bonchev–Trinajstić information content (AvgIpc) is 2.89. The molecular formula is C17H24N4OS2. The second-order valence-electron chi connectivity index (χ2n) is 6.31. The summed E-state index contributed by atoms with van der Waals surface area (Å²) in [7, 11) is 1.99. The molecule has 0 aliphatic carbocycles. The van der Waals surface area contributed by atoms with E-state index in [0.717, 1.165) is 47.7 Å². The molecule has 1 N–H and O–H groups in total. The molecule has 0 unspecified atom stereocenters. The molecule has 0 spiro atoms. The number of aromatic nitrogens is 2. The lowest BCUT2D eigenvalue weighted by Gasteiger charge is -2.31. The molecule has 0 saturated carbocycles. The van der Waals surface area contributed by atoms with Gasteiger partial charge in [0.1, 0.15) is 16.2 Å². The fraction of sp³-hybridized carbons (Fsp3) is 0.588. The number of likely N-dealkylation sites (tertiary alicyclic amines) is 1. The third-order valence-electron chi connectivity index (χ3n) is 4.72. The SMILES string of the molecule is CNCC1CCN(C(=O)CSc2ncnc3sc(C)c(C)c23)CC1. The monoisotopic (exact) mass is 364 g/mol. The maximum Gasteiger partial charge on any atom is 0.232 e. The predicted octanol–water partition coefficient (Wildman–Crippen LogP) is 2.86. The van der Waals surface area contributed by atoms with Gasteiger partial charge in [0.15, 0.2) is 0 Å². The summed E-state index contributed by atoms with van der Waals surface area (Å²) in [5, 5.41) is 5.28. The minimum atomic E-state index is 0.222. The summed E-state index contributed by atoms with van der Waals surface area (Å²) in [6.07, 6.45) is 3.80. The molecule has 2 aromatic rings. The summed E-state index contributed by atoms with van der Waals surface area (Å²) in [6.45, 7) is 7.02. The van der Waals surface area contributed by atoms with Crippen molar-refractivity contribution in [1.29, 1.82) is 0 Å².